The van der Waals surface area contributed by atoms with Crippen molar-refractivity contribution < 1.29 is 23.7 Å². The highest BCUT2D eigenvalue weighted by molar-refractivity contribution is 6.42. The summed E-state index contributed by atoms with van der Waals surface area (Å²) in [4.78, 5) is 11.6. The van der Waals surface area contributed by atoms with Gasteiger partial charge in [-0.15, -0.1) is 12.4 Å². The summed E-state index contributed by atoms with van der Waals surface area (Å²) in [6, 6.07) is 17.9. The molecule has 2 unspecified atom stereocenters. The van der Waals surface area contributed by atoms with E-state index < -0.39 is 12.0 Å². The fourth-order valence-electron chi connectivity index (χ4n) is 3.50. The summed E-state index contributed by atoms with van der Waals surface area (Å²) >= 11 is 12.0. The number of nitrogens with two attached hydrogens (primary N) is 1. The van der Waals surface area contributed by atoms with Gasteiger partial charge >= 0.3 is 5.97 Å². The second-order valence-electron chi connectivity index (χ2n) is 7.64. The molecule has 0 aromatic heterocycles. The minimum atomic E-state index is -0.725. The first-order valence-electron chi connectivity index (χ1n) is 10.4. The van der Waals surface area contributed by atoms with Gasteiger partial charge in [0.25, 0.3) is 0 Å². The molecule has 6 nitrogen and oxygen atoms in total. The monoisotopic (exact) mass is 523 g/mol. The lowest BCUT2D eigenvalue weighted by atomic mass is 10.0. The van der Waals surface area contributed by atoms with Gasteiger partial charge in [-0.25, -0.2) is 0 Å². The lowest BCUT2D eigenvalue weighted by Gasteiger charge is -2.27. The number of rotatable bonds is 7. The molecule has 0 fully saturated rings. The van der Waals surface area contributed by atoms with Crippen LogP contribution in [0.25, 0.3) is 0 Å². The van der Waals surface area contributed by atoms with E-state index in [0.29, 0.717) is 46.9 Å². The molecule has 0 spiro atoms. The van der Waals surface area contributed by atoms with Crippen LogP contribution in [0.15, 0.2) is 60.7 Å². The van der Waals surface area contributed by atoms with Crippen molar-refractivity contribution in [3.8, 4) is 17.2 Å². The van der Waals surface area contributed by atoms with Gasteiger partial charge in [0.05, 0.1) is 17.2 Å². The van der Waals surface area contributed by atoms with E-state index in [-0.39, 0.29) is 18.5 Å². The number of fused-ring (bicyclic) bond motifs is 1. The lowest BCUT2D eigenvalue weighted by Crippen LogP contribution is -2.33. The zero-order valence-corrected chi connectivity index (χ0v) is 20.7. The number of benzene rings is 3. The molecular formula is C25H24Cl3NO5. The van der Waals surface area contributed by atoms with Gasteiger partial charge < -0.3 is 24.7 Å². The predicted molar refractivity (Wildman–Crippen MR) is 133 cm³/mol. The minimum Gasteiger partial charge on any atom is -0.489 e. The quantitative estimate of drug-likeness (QED) is 0.408. The third kappa shape index (κ3) is 6.27. The predicted octanol–water partition coefficient (Wildman–Crippen LogP) is 5.55. The number of methoxy groups -OCH3 is 1. The molecule has 2 N–H and O–H groups in total. The summed E-state index contributed by atoms with van der Waals surface area (Å²) in [7, 11) is 1.32. The van der Waals surface area contributed by atoms with Crippen LogP contribution < -0.4 is 19.9 Å². The van der Waals surface area contributed by atoms with Crippen molar-refractivity contribution in [2.45, 2.75) is 25.2 Å². The van der Waals surface area contributed by atoms with Crippen molar-refractivity contribution in [2.75, 3.05) is 13.7 Å². The first-order chi connectivity index (χ1) is 15.9. The molecule has 1 aliphatic rings. The molecular weight excluding hydrogens is 501 g/mol. The highest BCUT2D eigenvalue weighted by Gasteiger charge is 2.24. The average molecular weight is 525 g/mol. The van der Waals surface area contributed by atoms with E-state index in [0.717, 1.165) is 16.7 Å². The number of ether oxygens (including phenoxy) is 4. The lowest BCUT2D eigenvalue weighted by molar-refractivity contribution is -0.142. The second kappa shape index (κ2) is 11.7. The number of halogens is 3. The van der Waals surface area contributed by atoms with Crippen LogP contribution in [-0.4, -0.2) is 25.7 Å². The molecule has 0 saturated carbocycles. The van der Waals surface area contributed by atoms with E-state index >= 15 is 0 Å². The zero-order valence-electron chi connectivity index (χ0n) is 18.3. The SMILES string of the molecule is COC(=O)C(N)Cc1ccc2c(c1)OCC(c1cccc(OCc3ccc(Cl)c(Cl)c3)c1)O2.Cl. The van der Waals surface area contributed by atoms with Gasteiger partial charge in [0, 0.05) is 0 Å². The summed E-state index contributed by atoms with van der Waals surface area (Å²) in [6.45, 7) is 0.706. The zero-order chi connectivity index (χ0) is 23.4. The molecule has 0 amide bonds. The largest absolute Gasteiger partial charge is 0.489 e. The maximum Gasteiger partial charge on any atom is 0.322 e. The summed E-state index contributed by atoms with van der Waals surface area (Å²) in [5.41, 5.74) is 8.57. The second-order valence-corrected chi connectivity index (χ2v) is 8.46. The van der Waals surface area contributed by atoms with Crippen molar-refractivity contribution >= 4 is 41.6 Å². The number of hydrogen-bond acceptors (Lipinski definition) is 6. The van der Waals surface area contributed by atoms with E-state index in [1.165, 1.54) is 7.11 Å². The smallest absolute Gasteiger partial charge is 0.322 e. The van der Waals surface area contributed by atoms with Crippen molar-refractivity contribution in [2.24, 2.45) is 5.73 Å². The molecule has 0 aliphatic carbocycles. The number of hydrogen-bond donors (Lipinski definition) is 1. The van der Waals surface area contributed by atoms with Crippen LogP contribution in [-0.2, 0) is 22.6 Å². The fourth-order valence-corrected chi connectivity index (χ4v) is 3.82. The van der Waals surface area contributed by atoms with Crippen LogP contribution in [0.5, 0.6) is 17.2 Å². The Hall–Kier alpha value is -2.64. The highest BCUT2D eigenvalue weighted by atomic mass is 35.5. The van der Waals surface area contributed by atoms with Crippen LogP contribution in [0, 0.1) is 0 Å². The van der Waals surface area contributed by atoms with E-state index in [1.54, 1.807) is 12.1 Å². The van der Waals surface area contributed by atoms with Gasteiger partial charge in [0.1, 0.15) is 25.0 Å². The molecule has 4 rings (SSSR count). The summed E-state index contributed by atoms with van der Waals surface area (Å²) < 4.78 is 22.7. The summed E-state index contributed by atoms with van der Waals surface area (Å²) in [6.07, 6.45) is 0.0690. The molecule has 180 valence electrons. The Kier molecular flexibility index (Phi) is 8.91. The van der Waals surface area contributed by atoms with Crippen LogP contribution in [0.4, 0.5) is 0 Å². The van der Waals surface area contributed by atoms with Gasteiger partial charge in [0.15, 0.2) is 17.6 Å². The van der Waals surface area contributed by atoms with E-state index in [2.05, 4.69) is 4.74 Å². The normalized spacial score (nSPS) is 15.1. The summed E-state index contributed by atoms with van der Waals surface area (Å²) in [5, 5.41) is 1.00. The first kappa shape index (κ1) is 26.0. The highest BCUT2D eigenvalue weighted by Crippen LogP contribution is 2.38. The van der Waals surface area contributed by atoms with Crippen LogP contribution in [0.2, 0.25) is 10.0 Å². The molecule has 1 heterocycles. The van der Waals surface area contributed by atoms with Crippen LogP contribution in [0.3, 0.4) is 0 Å². The van der Waals surface area contributed by atoms with Crippen molar-refractivity contribution in [1.82, 2.24) is 0 Å². The molecule has 2 atom stereocenters. The van der Waals surface area contributed by atoms with Crippen molar-refractivity contribution in [3.05, 3.63) is 87.4 Å². The standard InChI is InChI=1S/C25H23Cl2NO5.ClH/c1-30-25(29)21(28)10-15-6-8-22-23(11-15)32-14-24(33-22)17-3-2-4-18(12-17)31-13-16-5-7-19(26)20(27)9-16;/h2-9,11-12,21,24H,10,13-14,28H2,1H3;1H. The van der Waals surface area contributed by atoms with E-state index in [4.69, 9.17) is 43.1 Å². The van der Waals surface area contributed by atoms with Crippen molar-refractivity contribution in [1.29, 1.82) is 0 Å². The molecule has 34 heavy (non-hydrogen) atoms. The Bertz CT molecular complexity index is 1160. The maximum absolute atomic E-state index is 11.6. The Labute approximate surface area is 214 Å². The Morgan fingerprint density at radius 1 is 1.06 bits per heavy atom. The number of carbonyl (C=O) groups excluding carboxylic acids is 1. The molecule has 0 radical (unpaired) electrons. The van der Waals surface area contributed by atoms with E-state index in [9.17, 15) is 4.79 Å². The third-order valence-electron chi connectivity index (χ3n) is 5.25. The average Bonchev–Trinajstić information content (AvgIpc) is 2.84. The third-order valence-corrected chi connectivity index (χ3v) is 5.99. The maximum atomic E-state index is 11.6. The van der Waals surface area contributed by atoms with Gasteiger partial charge in [-0.1, -0.05) is 47.5 Å². The topological polar surface area (TPSA) is 80.0 Å². The van der Waals surface area contributed by atoms with Gasteiger partial charge in [-0.2, -0.15) is 0 Å². The Morgan fingerprint density at radius 2 is 1.85 bits per heavy atom. The minimum absolute atomic E-state index is 0. The fraction of sp³-hybridized carbons (Fsp3) is 0.240. The molecule has 1 aliphatic heterocycles. The molecule has 0 saturated heterocycles. The van der Waals surface area contributed by atoms with Gasteiger partial charge in [-0.05, 0) is 59.5 Å². The first-order valence-corrected chi connectivity index (χ1v) is 11.1. The molecule has 9 heteroatoms. The number of esters is 1. The number of carbonyl (C=O) groups is 1. The Balaban J connectivity index is 0.00000324. The van der Waals surface area contributed by atoms with Gasteiger partial charge in [-0.3, -0.25) is 4.79 Å². The molecule has 3 aromatic rings. The van der Waals surface area contributed by atoms with Crippen LogP contribution >= 0.6 is 35.6 Å². The molecule has 3 aromatic carbocycles. The van der Waals surface area contributed by atoms with Gasteiger partial charge in [0.2, 0.25) is 0 Å². The molecule has 0 bridgehead atoms. The summed E-state index contributed by atoms with van der Waals surface area (Å²) in [5.74, 6) is 1.50. The van der Waals surface area contributed by atoms with Crippen LogP contribution in [0.1, 0.15) is 22.8 Å². The van der Waals surface area contributed by atoms with Crippen molar-refractivity contribution in [3.63, 3.8) is 0 Å². The Morgan fingerprint density at radius 3 is 2.62 bits per heavy atom. The van der Waals surface area contributed by atoms with E-state index in [1.807, 2.05) is 48.5 Å².